The van der Waals surface area contributed by atoms with Gasteiger partial charge in [0.05, 0.1) is 12.0 Å². The molecule has 0 radical (unpaired) electrons. The zero-order chi connectivity index (χ0) is 21.1. The van der Waals surface area contributed by atoms with E-state index in [0.717, 1.165) is 19.3 Å². The van der Waals surface area contributed by atoms with Crippen LogP contribution in [0.1, 0.15) is 73.1 Å². The first-order chi connectivity index (χ1) is 13.2. The summed E-state index contributed by atoms with van der Waals surface area (Å²) < 4.78 is 5.61. The third-order valence-corrected chi connectivity index (χ3v) is 5.28. The van der Waals surface area contributed by atoms with Gasteiger partial charge < -0.3 is 9.84 Å². The molecule has 1 aliphatic heterocycles. The van der Waals surface area contributed by atoms with Gasteiger partial charge in [-0.3, -0.25) is 9.59 Å². The normalized spacial score (nSPS) is 28.9. The Balaban J connectivity index is 2.83. The summed E-state index contributed by atoms with van der Waals surface area (Å²) >= 11 is 0. The van der Waals surface area contributed by atoms with Crippen LogP contribution >= 0.6 is 0 Å². The van der Waals surface area contributed by atoms with Gasteiger partial charge in [0.15, 0.2) is 0 Å². The number of aliphatic hydroxyl groups is 1. The molecule has 0 fully saturated rings. The first-order valence-electron chi connectivity index (χ1n) is 10.7. The number of aliphatic hydroxyl groups excluding tert-OH is 1. The fourth-order valence-electron chi connectivity index (χ4n) is 3.35. The average molecular weight is 399 g/mol. The molecule has 0 aromatic heterocycles. The lowest BCUT2D eigenvalue weighted by atomic mass is 10.2. The number of hydrogen-bond donors (Lipinski definition) is 1. The van der Waals surface area contributed by atoms with Gasteiger partial charge in [-0.05, 0) is 51.0 Å². The average Bonchev–Trinajstić information content (AvgIpc) is 2.64. The van der Waals surface area contributed by atoms with Crippen molar-refractivity contribution in [2.24, 2.45) is 17.8 Å². The Morgan fingerprint density at radius 1 is 1.29 bits per heavy atom. The molecule has 158 valence electrons. The number of esters is 1. The summed E-state index contributed by atoms with van der Waals surface area (Å²) in [5.41, 5.74) is 1.17. The second-order valence-electron chi connectivity index (χ2n) is 8.22. The summed E-state index contributed by atoms with van der Waals surface area (Å²) in [6, 6.07) is 0. The smallest absolute Gasteiger partial charge is 0.309 e. The third kappa shape index (κ3) is 9.01. The Kier molecular flexibility index (Phi) is 11.1. The van der Waals surface area contributed by atoms with Gasteiger partial charge in [-0.1, -0.05) is 57.6 Å². The van der Waals surface area contributed by atoms with Crippen LogP contribution in [0.15, 0.2) is 36.0 Å². The summed E-state index contributed by atoms with van der Waals surface area (Å²) in [6.45, 7) is 9.94. The standard InChI is InChI=1S/C24H38O4/c1-6-7-10-17(2)15-18(3)16-22(26)23-12-9-8-11-19(4)21(25)14-13-20(5)24(27)28-23/h7,9-10,12,15,18-20,22-23,26H,6,8,11,13-14,16H2,1-5H3/b10-7+,12-9+,17-15+/t18-,19-,20-,22-,23-/m0/s1/i6+1,8+1,12+1,13+1,17+1,18+1,19+1,22+1. The molecule has 1 aliphatic rings. The van der Waals surface area contributed by atoms with Crippen molar-refractivity contribution >= 4 is 11.8 Å². The van der Waals surface area contributed by atoms with E-state index < -0.39 is 12.2 Å². The minimum atomic E-state index is -0.761. The van der Waals surface area contributed by atoms with Crippen molar-refractivity contribution in [2.45, 2.75) is 85.4 Å². The van der Waals surface area contributed by atoms with Gasteiger partial charge in [-0.2, -0.15) is 0 Å². The molecule has 1 rings (SSSR count). The van der Waals surface area contributed by atoms with Crippen LogP contribution in [-0.2, 0) is 14.3 Å². The zero-order valence-corrected chi connectivity index (χ0v) is 18.2. The fourth-order valence-corrected chi connectivity index (χ4v) is 3.35. The van der Waals surface area contributed by atoms with Gasteiger partial charge in [0.25, 0.3) is 0 Å². The van der Waals surface area contributed by atoms with E-state index in [4.69, 9.17) is 4.74 Å². The van der Waals surface area contributed by atoms with Crippen LogP contribution in [0.3, 0.4) is 0 Å². The maximum absolute atomic E-state index is 12.4. The van der Waals surface area contributed by atoms with Crippen molar-refractivity contribution in [2.75, 3.05) is 0 Å². The van der Waals surface area contributed by atoms with Crippen molar-refractivity contribution in [1.82, 2.24) is 0 Å². The van der Waals surface area contributed by atoms with Crippen LogP contribution in [0.4, 0.5) is 0 Å². The van der Waals surface area contributed by atoms with E-state index in [1.165, 1.54) is 5.57 Å². The Morgan fingerprint density at radius 3 is 2.68 bits per heavy atom. The number of rotatable bonds is 6. The molecule has 0 saturated carbocycles. The molecule has 0 aliphatic carbocycles. The largest absolute Gasteiger partial charge is 0.455 e. The lowest BCUT2D eigenvalue weighted by molar-refractivity contribution is -0.156. The number of ketones is 1. The SMILES string of the molecule is C[13CH2]/C=C/[13C](C)=C/[13C@H](C)C[13C@H](O)[C@@H]1/[13CH]=C/[13CH2]C[13C@H](C)C(=O)C[13CH2][C@H](C)C(=O)O1. The Hall–Kier alpha value is -1.68. The lowest BCUT2D eigenvalue weighted by Gasteiger charge is -2.24. The quantitative estimate of drug-likeness (QED) is 0.290. The van der Waals surface area contributed by atoms with E-state index in [9.17, 15) is 14.7 Å². The second-order valence-corrected chi connectivity index (χ2v) is 8.22. The molecule has 0 amide bonds. The Labute approximate surface area is 170 Å². The second kappa shape index (κ2) is 12.7. The molecule has 5 atom stereocenters. The topological polar surface area (TPSA) is 63.6 Å². The van der Waals surface area contributed by atoms with E-state index in [1.54, 1.807) is 13.0 Å². The minimum Gasteiger partial charge on any atom is -0.455 e. The molecule has 1 heterocycles. The number of carbonyl (C=O) groups is 2. The molecular weight excluding hydrogens is 360 g/mol. The molecule has 0 spiro atoms. The Bertz CT molecular complexity index is 587. The summed E-state index contributed by atoms with van der Waals surface area (Å²) in [7, 11) is 0. The molecule has 4 nitrogen and oxygen atoms in total. The first-order valence-corrected chi connectivity index (χ1v) is 10.7. The van der Waals surface area contributed by atoms with Crippen LogP contribution in [0.5, 0.6) is 0 Å². The highest BCUT2D eigenvalue weighted by molar-refractivity contribution is 5.81. The highest BCUT2D eigenvalue weighted by atomic mass is 16.6. The predicted octanol–water partition coefficient (Wildman–Crippen LogP) is 5.17. The van der Waals surface area contributed by atoms with E-state index in [0.29, 0.717) is 19.3 Å². The van der Waals surface area contributed by atoms with Crippen molar-refractivity contribution < 1.29 is 19.4 Å². The van der Waals surface area contributed by atoms with Gasteiger partial charge in [-0.15, -0.1) is 0 Å². The van der Waals surface area contributed by atoms with Gasteiger partial charge in [-0.25, -0.2) is 0 Å². The highest BCUT2D eigenvalue weighted by Gasteiger charge is 2.26. The summed E-state index contributed by atoms with van der Waals surface area (Å²) in [6.07, 6.45) is 12.6. The maximum atomic E-state index is 12.4. The molecule has 1 N–H and O–H groups in total. The van der Waals surface area contributed by atoms with Crippen LogP contribution in [0.25, 0.3) is 0 Å². The maximum Gasteiger partial charge on any atom is 0.309 e. The van der Waals surface area contributed by atoms with E-state index >= 15 is 0 Å². The number of ether oxygens (including phenoxy) is 1. The van der Waals surface area contributed by atoms with Crippen molar-refractivity contribution in [3.63, 3.8) is 0 Å². The van der Waals surface area contributed by atoms with Crippen LogP contribution in [0, 0.1) is 17.8 Å². The van der Waals surface area contributed by atoms with Gasteiger partial charge in [0.2, 0.25) is 0 Å². The minimum absolute atomic E-state index is 0.0000180. The number of cyclic esters (lactones) is 1. The van der Waals surface area contributed by atoms with E-state index in [1.807, 2.05) is 13.0 Å². The third-order valence-electron chi connectivity index (χ3n) is 5.28. The molecule has 0 bridgehead atoms. The van der Waals surface area contributed by atoms with Gasteiger partial charge in [0, 0.05) is 12.3 Å². The highest BCUT2D eigenvalue weighted by Crippen LogP contribution is 2.21. The molecule has 0 saturated heterocycles. The summed E-state index contributed by atoms with van der Waals surface area (Å²) in [5, 5.41) is 10.7. The molecule has 0 aromatic carbocycles. The van der Waals surface area contributed by atoms with Crippen LogP contribution in [0.2, 0.25) is 0 Å². The number of Topliss-reactive ketones (excluding diaryl/α,β-unsaturated/α-hetero) is 1. The zero-order valence-electron chi connectivity index (χ0n) is 18.2. The van der Waals surface area contributed by atoms with Crippen LogP contribution in [-0.4, -0.2) is 29.1 Å². The monoisotopic (exact) mass is 398 g/mol. The number of allylic oxidation sites excluding steroid dienone is 5. The molecule has 0 aromatic rings. The molecule has 28 heavy (non-hydrogen) atoms. The number of carbonyl (C=O) groups excluding carboxylic acids is 2. The fraction of sp³-hybridized carbons (Fsp3) is 0.667. The molecular formula is C24H38O4. The van der Waals surface area contributed by atoms with Crippen LogP contribution < -0.4 is 0 Å². The van der Waals surface area contributed by atoms with Crippen molar-refractivity contribution in [3.8, 4) is 0 Å². The van der Waals surface area contributed by atoms with E-state index in [2.05, 4.69) is 39.0 Å². The Morgan fingerprint density at radius 2 is 2.00 bits per heavy atom. The number of hydrogen-bond acceptors (Lipinski definition) is 4. The van der Waals surface area contributed by atoms with Gasteiger partial charge in [0.1, 0.15) is 11.9 Å². The molecule has 0 unspecified atom stereocenters. The van der Waals surface area contributed by atoms with E-state index in [-0.39, 0.29) is 29.5 Å². The predicted molar refractivity (Wildman–Crippen MR) is 114 cm³/mol. The summed E-state index contributed by atoms with van der Waals surface area (Å²) in [5.74, 6) is -0.323. The lowest BCUT2D eigenvalue weighted by Crippen LogP contribution is -2.33. The van der Waals surface area contributed by atoms with Crippen molar-refractivity contribution in [1.29, 1.82) is 0 Å². The first kappa shape index (κ1) is 24.4. The van der Waals surface area contributed by atoms with Crippen molar-refractivity contribution in [3.05, 3.63) is 36.0 Å². The molecule has 4 heteroatoms. The van der Waals surface area contributed by atoms with Gasteiger partial charge >= 0.3 is 5.97 Å². The summed E-state index contributed by atoms with van der Waals surface area (Å²) in [4.78, 5) is 24.5.